The van der Waals surface area contributed by atoms with E-state index < -0.39 is 60.2 Å². The average Bonchev–Trinajstić information content (AvgIpc) is 3.81. The number of hydrogen-bond acceptors (Lipinski definition) is 16. The molecule has 12 rings (SSSR count). The standard InChI is InChI=1S/C60H64F4N12O7/c1-31(2)54(58(80)75-27-40(78)22-48(75)57(79)68-47(29-77)37-12-10-34(11-13-37)42-14-17-66-25-45(42)61)76-28-46(72-73-76)36-6-4-33(5-7-36)30-82-55-50(53-51(60(62,63)64)32(3)20-49(65)69-53)43(35-8-9-35)23-44-52(55)70-59(83-41-15-18-81-19-16-41)71-56(44)74-26-38-21-39(74)24-67-38/h4-7,10-14,17,20,23,25,28,31,35,38-41,47-48,54,67,77-78H,8-9,15-16,18-19,21-22,24,26-27,29-30H2,1-3H3,(H2,65,69)(H,68,79)/t38-,39-,40+,47-,48-,54-/m0/s1. The lowest BCUT2D eigenvalue weighted by Gasteiger charge is -2.31. The van der Waals surface area contributed by atoms with Crippen molar-refractivity contribution < 1.29 is 51.6 Å². The molecule has 19 nitrogen and oxygen atoms in total. The van der Waals surface area contributed by atoms with Crippen LogP contribution in [0.5, 0.6) is 11.8 Å². The monoisotopic (exact) mass is 1140 g/mol. The van der Waals surface area contributed by atoms with Crippen LogP contribution < -0.4 is 30.7 Å². The summed E-state index contributed by atoms with van der Waals surface area (Å²) in [5, 5.41) is 37.2. The molecule has 83 heavy (non-hydrogen) atoms. The van der Waals surface area contributed by atoms with E-state index in [-0.39, 0.29) is 89.5 Å². The molecule has 2 amide bonds. The van der Waals surface area contributed by atoms with Crippen LogP contribution in [0.3, 0.4) is 0 Å². The van der Waals surface area contributed by atoms with E-state index in [1.165, 1.54) is 28.8 Å². The molecule has 1 saturated carbocycles. The Bertz CT molecular complexity index is 3560. The van der Waals surface area contributed by atoms with Crippen LogP contribution in [-0.4, -0.2) is 132 Å². The minimum atomic E-state index is -4.80. The number of carbonyl (C=O) groups excluding carboxylic acids is 2. The summed E-state index contributed by atoms with van der Waals surface area (Å²) in [6.07, 6.45) is 1.82. The number of nitrogens with zero attached hydrogens (tertiary/aromatic N) is 9. The van der Waals surface area contributed by atoms with Crippen LogP contribution in [0.1, 0.15) is 98.2 Å². The Morgan fingerprint density at radius 2 is 1.72 bits per heavy atom. The van der Waals surface area contributed by atoms with Crippen LogP contribution in [0.25, 0.3) is 44.5 Å². The van der Waals surface area contributed by atoms with E-state index in [1.807, 2.05) is 32.0 Å². The first-order valence-corrected chi connectivity index (χ1v) is 28.2. The summed E-state index contributed by atoms with van der Waals surface area (Å²) in [6.45, 7) is 6.83. The number of likely N-dealkylation sites (tertiary alicyclic amines) is 1. The number of nitrogens with two attached hydrogens (primary N) is 1. The Labute approximate surface area is 475 Å². The van der Waals surface area contributed by atoms with Crippen LogP contribution in [0.4, 0.5) is 29.2 Å². The SMILES string of the molecule is Cc1cc(N)nc(-c2c(C3CC3)cc3c(N4C[C@@H]5C[C@H]4CN5)nc(OC4CCOCC4)nc3c2OCc2ccc(-c3cn([C@H](C(=O)N4C[C@H](O)C[C@H]4C(=O)N[C@@H](CO)c4ccc(-c5ccncc5F)cc4)C(C)C)nn3)cc2)c1C(F)(F)F. The largest absolute Gasteiger partial charge is 0.486 e. The van der Waals surface area contributed by atoms with Crippen molar-refractivity contribution in [3.63, 3.8) is 0 Å². The van der Waals surface area contributed by atoms with Gasteiger partial charge in [-0.2, -0.15) is 23.1 Å². The quantitative estimate of drug-likeness (QED) is 0.0551. The molecule has 0 spiro atoms. The van der Waals surface area contributed by atoms with E-state index in [1.54, 1.807) is 48.7 Å². The summed E-state index contributed by atoms with van der Waals surface area (Å²) in [4.78, 5) is 50.5. The number of hydrogen-bond donors (Lipinski definition) is 5. The number of halogens is 4. The van der Waals surface area contributed by atoms with E-state index in [4.69, 9.17) is 29.9 Å². The number of carbonyl (C=O) groups is 2. The Hall–Kier alpha value is -7.86. The molecule has 8 heterocycles. The molecule has 23 heteroatoms. The van der Waals surface area contributed by atoms with Crippen LogP contribution in [-0.2, 0) is 27.1 Å². The van der Waals surface area contributed by atoms with Crippen molar-refractivity contribution in [3.05, 3.63) is 119 Å². The van der Waals surface area contributed by atoms with Crippen LogP contribution in [0, 0.1) is 18.7 Å². The number of piperazine rings is 1. The van der Waals surface area contributed by atoms with Gasteiger partial charge in [-0.25, -0.2) is 14.1 Å². The van der Waals surface area contributed by atoms with E-state index in [2.05, 4.69) is 35.8 Å². The summed E-state index contributed by atoms with van der Waals surface area (Å²) < 4.78 is 81.0. The van der Waals surface area contributed by atoms with Gasteiger partial charge < -0.3 is 50.6 Å². The highest BCUT2D eigenvalue weighted by Gasteiger charge is 2.45. The molecule has 4 aromatic heterocycles. The second-order valence-electron chi connectivity index (χ2n) is 22.7. The molecule has 5 fully saturated rings. The number of alkyl halides is 3. The topological polar surface area (TPSA) is 241 Å². The van der Waals surface area contributed by atoms with Gasteiger partial charge in [0.1, 0.15) is 53.5 Å². The molecule has 0 radical (unpaired) electrons. The second-order valence-corrected chi connectivity index (χ2v) is 22.7. The number of pyridine rings is 2. The molecule has 4 saturated heterocycles. The zero-order valence-corrected chi connectivity index (χ0v) is 46.0. The van der Waals surface area contributed by atoms with Gasteiger partial charge in [0.05, 0.1) is 55.6 Å². The molecule has 7 aromatic rings. The van der Waals surface area contributed by atoms with Crippen molar-refractivity contribution in [2.24, 2.45) is 5.92 Å². The molecule has 0 unspecified atom stereocenters. The maximum Gasteiger partial charge on any atom is 0.418 e. The molecular formula is C60H64F4N12O7. The predicted molar refractivity (Wildman–Crippen MR) is 298 cm³/mol. The van der Waals surface area contributed by atoms with Crippen molar-refractivity contribution in [3.8, 4) is 45.4 Å². The van der Waals surface area contributed by atoms with Gasteiger partial charge in [0.15, 0.2) is 5.75 Å². The number of ether oxygens (including phenoxy) is 3. The number of amides is 2. The van der Waals surface area contributed by atoms with Crippen molar-refractivity contribution >= 4 is 34.4 Å². The summed E-state index contributed by atoms with van der Waals surface area (Å²) in [5.41, 5.74) is 9.28. The minimum Gasteiger partial charge on any atom is -0.486 e. The van der Waals surface area contributed by atoms with Crippen molar-refractivity contribution in [1.82, 2.24) is 50.5 Å². The van der Waals surface area contributed by atoms with Gasteiger partial charge >= 0.3 is 12.2 Å². The first-order chi connectivity index (χ1) is 40.0. The van der Waals surface area contributed by atoms with Gasteiger partial charge in [0, 0.05) is 79.3 Å². The number of aliphatic hydroxyl groups excluding tert-OH is 2. The summed E-state index contributed by atoms with van der Waals surface area (Å²) in [7, 11) is 0. The van der Waals surface area contributed by atoms with E-state index in [9.17, 15) is 24.2 Å². The molecule has 6 N–H and O–H groups in total. The number of nitrogen functional groups attached to an aromatic ring is 1. The fourth-order valence-electron chi connectivity index (χ4n) is 12.3. The lowest BCUT2D eigenvalue weighted by molar-refractivity contribution is -0.142. The minimum absolute atomic E-state index is 0.0346. The van der Waals surface area contributed by atoms with Crippen molar-refractivity contribution in [2.45, 2.75) is 120 Å². The van der Waals surface area contributed by atoms with Gasteiger partial charge in [-0.1, -0.05) is 67.6 Å². The van der Waals surface area contributed by atoms with Gasteiger partial charge in [0.25, 0.3) is 0 Å². The molecule has 434 valence electrons. The third-order valence-electron chi connectivity index (χ3n) is 16.6. The van der Waals surface area contributed by atoms with Crippen LogP contribution in [0.2, 0.25) is 0 Å². The average molecular weight is 1140 g/mol. The third kappa shape index (κ3) is 11.3. The first-order valence-electron chi connectivity index (χ1n) is 28.2. The van der Waals surface area contributed by atoms with Crippen molar-refractivity contribution in [2.75, 3.05) is 50.1 Å². The number of fused-ring (bicyclic) bond motifs is 3. The number of β-amino-alcohol motifs (C(OH)–C–C–N with tert-alkyl or cyclic N) is 1. The zero-order chi connectivity index (χ0) is 57.8. The summed E-state index contributed by atoms with van der Waals surface area (Å²) in [6, 6.07) is 16.3. The normalized spacial score (nSPS) is 20.8. The van der Waals surface area contributed by atoms with E-state index in [0.29, 0.717) is 82.9 Å². The number of benzene rings is 3. The third-order valence-corrected chi connectivity index (χ3v) is 16.6. The summed E-state index contributed by atoms with van der Waals surface area (Å²) in [5.74, 6) is -1.29. The predicted octanol–water partition coefficient (Wildman–Crippen LogP) is 7.63. The van der Waals surface area contributed by atoms with Gasteiger partial charge in [-0.15, -0.1) is 5.10 Å². The first kappa shape index (κ1) is 55.7. The number of nitrogens with one attached hydrogen (secondary N) is 2. The number of aryl methyl sites for hydroxylation is 1. The Morgan fingerprint density at radius 3 is 2.40 bits per heavy atom. The smallest absolute Gasteiger partial charge is 0.418 e. The highest BCUT2D eigenvalue weighted by molar-refractivity contribution is 6.01. The number of rotatable bonds is 17. The number of aromatic nitrogens is 7. The molecule has 4 aliphatic heterocycles. The summed E-state index contributed by atoms with van der Waals surface area (Å²) >= 11 is 0. The Balaban J connectivity index is 0.827. The fraction of sp³-hybridized carbons (Fsp3) is 0.433. The van der Waals surface area contributed by atoms with E-state index >= 15 is 13.2 Å². The van der Waals surface area contributed by atoms with Gasteiger partial charge in [-0.3, -0.25) is 14.6 Å². The van der Waals surface area contributed by atoms with Crippen LogP contribution >= 0.6 is 0 Å². The second kappa shape index (κ2) is 22.7. The number of anilines is 2. The molecule has 3 aromatic carbocycles. The van der Waals surface area contributed by atoms with Gasteiger partial charge in [0.2, 0.25) is 11.8 Å². The Kier molecular flexibility index (Phi) is 15.2. The Morgan fingerprint density at radius 1 is 0.964 bits per heavy atom. The maximum atomic E-state index is 15.4. The molecule has 1 aliphatic carbocycles. The van der Waals surface area contributed by atoms with Crippen molar-refractivity contribution in [1.29, 1.82) is 0 Å². The van der Waals surface area contributed by atoms with Crippen LogP contribution in [0.15, 0.2) is 85.3 Å². The maximum absolute atomic E-state index is 15.4. The molecule has 2 bridgehead atoms. The molecule has 5 aliphatic rings. The van der Waals surface area contributed by atoms with Gasteiger partial charge in [-0.05, 0) is 84.0 Å². The van der Waals surface area contributed by atoms with E-state index in [0.717, 1.165) is 32.0 Å². The lowest BCUT2D eigenvalue weighted by Crippen LogP contribution is -2.50. The number of aliphatic hydroxyl groups is 2. The fourth-order valence-corrected chi connectivity index (χ4v) is 12.3. The molecular weight excluding hydrogens is 1080 g/mol. The molecule has 6 atom stereocenters. The zero-order valence-electron chi connectivity index (χ0n) is 46.0. The highest BCUT2D eigenvalue weighted by atomic mass is 19.4. The highest BCUT2D eigenvalue weighted by Crippen LogP contribution is 2.54. The lowest BCUT2D eigenvalue weighted by atomic mass is 9.92.